The molecular weight excluding hydrogens is 326 g/mol. The van der Waals surface area contributed by atoms with Gasteiger partial charge in [-0.05, 0) is 35.0 Å². The number of benzene rings is 1. The number of nitrogens with zero attached hydrogens (tertiary/aromatic N) is 1. The van der Waals surface area contributed by atoms with E-state index in [-0.39, 0.29) is 0 Å². The van der Waals surface area contributed by atoms with Crippen LogP contribution in [0.4, 0.5) is 0 Å². The lowest BCUT2D eigenvalue weighted by Crippen LogP contribution is -1.76. The molecule has 0 atom stereocenters. The van der Waals surface area contributed by atoms with E-state index in [2.05, 4.69) is 49.0 Å². The minimum absolute atomic E-state index is 1.05. The molecule has 0 aliphatic carbocycles. The van der Waals surface area contributed by atoms with Crippen LogP contribution in [0, 0.1) is 6.92 Å². The fourth-order valence-corrected chi connectivity index (χ4v) is 2.86. The van der Waals surface area contributed by atoms with Crippen molar-refractivity contribution in [3.05, 3.63) is 38.2 Å². The molecule has 72 valence electrons. The second kappa shape index (κ2) is 4.13. The maximum Gasteiger partial charge on any atom is 0.124 e. The van der Waals surface area contributed by atoms with E-state index < -0.39 is 0 Å². The van der Waals surface area contributed by atoms with Crippen molar-refractivity contribution in [2.75, 3.05) is 0 Å². The van der Waals surface area contributed by atoms with Crippen molar-refractivity contribution in [3.8, 4) is 10.6 Å². The monoisotopic (exact) mass is 331 g/mol. The summed E-state index contributed by atoms with van der Waals surface area (Å²) in [4.78, 5) is 4.47. The SMILES string of the molecule is Cc1nc(-c2cccc(Br)c2)sc1Br. The zero-order valence-corrected chi connectivity index (χ0v) is 11.4. The summed E-state index contributed by atoms with van der Waals surface area (Å²) < 4.78 is 2.19. The third-order valence-corrected chi connectivity index (χ3v) is 4.36. The molecule has 0 fully saturated rings. The molecule has 0 N–H and O–H groups in total. The lowest BCUT2D eigenvalue weighted by Gasteiger charge is -1.95. The Morgan fingerprint density at radius 2 is 2.07 bits per heavy atom. The Morgan fingerprint density at radius 3 is 2.64 bits per heavy atom. The van der Waals surface area contributed by atoms with Crippen LogP contribution in [0.5, 0.6) is 0 Å². The van der Waals surface area contributed by atoms with Gasteiger partial charge in [0.1, 0.15) is 5.01 Å². The van der Waals surface area contributed by atoms with Gasteiger partial charge in [-0.1, -0.05) is 28.1 Å². The molecule has 1 nitrogen and oxygen atoms in total. The molecule has 14 heavy (non-hydrogen) atoms. The third-order valence-electron chi connectivity index (χ3n) is 1.81. The topological polar surface area (TPSA) is 12.9 Å². The van der Waals surface area contributed by atoms with E-state index in [9.17, 15) is 0 Å². The number of rotatable bonds is 1. The molecule has 2 rings (SSSR count). The lowest BCUT2D eigenvalue weighted by atomic mass is 10.2. The van der Waals surface area contributed by atoms with Crippen LogP contribution in [0.25, 0.3) is 10.6 Å². The van der Waals surface area contributed by atoms with E-state index in [0.717, 1.165) is 24.5 Å². The predicted molar refractivity (Wildman–Crippen MR) is 67.7 cm³/mol. The average molecular weight is 333 g/mol. The maximum absolute atomic E-state index is 4.47. The summed E-state index contributed by atoms with van der Waals surface area (Å²) in [6.07, 6.45) is 0. The van der Waals surface area contributed by atoms with Crippen LogP contribution in [0.1, 0.15) is 5.69 Å². The van der Waals surface area contributed by atoms with Crippen LogP contribution < -0.4 is 0 Å². The van der Waals surface area contributed by atoms with E-state index >= 15 is 0 Å². The highest BCUT2D eigenvalue weighted by Crippen LogP contribution is 2.32. The highest BCUT2D eigenvalue weighted by Gasteiger charge is 2.06. The van der Waals surface area contributed by atoms with Gasteiger partial charge in [0.25, 0.3) is 0 Å². The molecule has 0 amide bonds. The van der Waals surface area contributed by atoms with Gasteiger partial charge in [-0.2, -0.15) is 0 Å². The molecule has 0 radical (unpaired) electrons. The first-order chi connectivity index (χ1) is 6.66. The van der Waals surface area contributed by atoms with E-state index in [1.807, 2.05) is 19.1 Å². The Morgan fingerprint density at radius 1 is 1.29 bits per heavy atom. The predicted octanol–water partition coefficient (Wildman–Crippen LogP) is 4.64. The first kappa shape index (κ1) is 10.3. The Kier molecular flexibility index (Phi) is 3.04. The standard InChI is InChI=1S/C10H7Br2NS/c1-6-9(12)14-10(13-6)7-3-2-4-8(11)5-7/h2-5H,1H3. The van der Waals surface area contributed by atoms with Gasteiger partial charge in [0.2, 0.25) is 0 Å². The van der Waals surface area contributed by atoms with Gasteiger partial charge in [-0.15, -0.1) is 11.3 Å². The quantitative estimate of drug-likeness (QED) is 0.741. The minimum Gasteiger partial charge on any atom is -0.240 e. The molecule has 1 aromatic heterocycles. The molecule has 1 heterocycles. The molecular formula is C10H7Br2NS. The summed E-state index contributed by atoms with van der Waals surface area (Å²) in [5, 5.41) is 1.05. The van der Waals surface area contributed by atoms with Gasteiger partial charge >= 0.3 is 0 Å². The van der Waals surface area contributed by atoms with Crippen molar-refractivity contribution in [3.63, 3.8) is 0 Å². The molecule has 0 spiro atoms. The normalized spacial score (nSPS) is 10.5. The van der Waals surface area contributed by atoms with E-state index in [1.165, 1.54) is 0 Å². The largest absolute Gasteiger partial charge is 0.240 e. The molecule has 0 unspecified atom stereocenters. The van der Waals surface area contributed by atoms with Gasteiger partial charge in [0.15, 0.2) is 0 Å². The summed E-state index contributed by atoms with van der Waals surface area (Å²) >= 11 is 8.59. The zero-order valence-electron chi connectivity index (χ0n) is 7.42. The Balaban J connectivity index is 2.49. The van der Waals surface area contributed by atoms with Crippen molar-refractivity contribution >= 4 is 43.2 Å². The highest BCUT2D eigenvalue weighted by molar-refractivity contribution is 9.11. The van der Waals surface area contributed by atoms with Crippen molar-refractivity contribution in [1.82, 2.24) is 4.98 Å². The van der Waals surface area contributed by atoms with Gasteiger partial charge < -0.3 is 0 Å². The Labute approximate surface area is 103 Å². The summed E-state index contributed by atoms with van der Waals surface area (Å²) in [7, 11) is 0. The number of hydrogen-bond donors (Lipinski definition) is 0. The minimum atomic E-state index is 1.05. The van der Waals surface area contributed by atoms with Gasteiger partial charge in [-0.3, -0.25) is 0 Å². The van der Waals surface area contributed by atoms with E-state index in [1.54, 1.807) is 11.3 Å². The molecule has 0 bridgehead atoms. The van der Waals surface area contributed by atoms with E-state index in [0.29, 0.717) is 0 Å². The molecule has 1 aromatic carbocycles. The van der Waals surface area contributed by atoms with Crippen LogP contribution >= 0.6 is 43.2 Å². The molecule has 4 heteroatoms. The number of aryl methyl sites for hydroxylation is 1. The van der Waals surface area contributed by atoms with Gasteiger partial charge in [0, 0.05) is 10.0 Å². The molecule has 0 aliphatic rings. The first-order valence-electron chi connectivity index (χ1n) is 4.05. The Bertz CT molecular complexity index is 445. The van der Waals surface area contributed by atoms with Crippen LogP contribution in [-0.2, 0) is 0 Å². The first-order valence-corrected chi connectivity index (χ1v) is 6.46. The number of halogens is 2. The van der Waals surface area contributed by atoms with Crippen molar-refractivity contribution in [1.29, 1.82) is 0 Å². The van der Waals surface area contributed by atoms with E-state index in [4.69, 9.17) is 0 Å². The molecule has 0 saturated heterocycles. The van der Waals surface area contributed by atoms with Gasteiger partial charge in [0.05, 0.1) is 9.48 Å². The van der Waals surface area contributed by atoms with Crippen molar-refractivity contribution < 1.29 is 0 Å². The van der Waals surface area contributed by atoms with Crippen LogP contribution in [0.3, 0.4) is 0 Å². The Hall–Kier alpha value is -0.190. The maximum atomic E-state index is 4.47. The molecule has 2 aromatic rings. The third kappa shape index (κ3) is 2.07. The smallest absolute Gasteiger partial charge is 0.124 e. The van der Waals surface area contributed by atoms with Crippen LogP contribution in [0.2, 0.25) is 0 Å². The lowest BCUT2D eigenvalue weighted by molar-refractivity contribution is 1.25. The second-order valence-electron chi connectivity index (χ2n) is 2.89. The van der Waals surface area contributed by atoms with Crippen LogP contribution in [-0.4, -0.2) is 4.98 Å². The summed E-state index contributed by atoms with van der Waals surface area (Å²) in [6.45, 7) is 2.00. The molecule has 0 saturated carbocycles. The number of aromatic nitrogens is 1. The highest BCUT2D eigenvalue weighted by atomic mass is 79.9. The van der Waals surface area contributed by atoms with Crippen LogP contribution in [0.15, 0.2) is 32.5 Å². The average Bonchev–Trinajstić information content (AvgIpc) is 2.47. The van der Waals surface area contributed by atoms with Crippen molar-refractivity contribution in [2.45, 2.75) is 6.92 Å². The molecule has 0 aliphatic heterocycles. The summed E-state index contributed by atoms with van der Waals surface area (Å²) in [5.41, 5.74) is 2.20. The second-order valence-corrected chi connectivity index (χ2v) is 6.12. The summed E-state index contributed by atoms with van der Waals surface area (Å²) in [5.74, 6) is 0. The fourth-order valence-electron chi connectivity index (χ4n) is 1.12. The zero-order chi connectivity index (χ0) is 10.1. The summed E-state index contributed by atoms with van der Waals surface area (Å²) in [6, 6.07) is 8.17. The number of thiazole rings is 1. The van der Waals surface area contributed by atoms with Gasteiger partial charge in [-0.25, -0.2) is 4.98 Å². The fraction of sp³-hybridized carbons (Fsp3) is 0.100. The number of hydrogen-bond acceptors (Lipinski definition) is 2. The van der Waals surface area contributed by atoms with Crippen molar-refractivity contribution in [2.24, 2.45) is 0 Å².